The summed E-state index contributed by atoms with van der Waals surface area (Å²) < 4.78 is 40.0. The zero-order chi connectivity index (χ0) is 71.2. The van der Waals surface area contributed by atoms with Crippen LogP contribution in [0, 0.1) is 20.8 Å². The number of hydrogen-bond donors (Lipinski definition) is 7. The summed E-state index contributed by atoms with van der Waals surface area (Å²) in [6.45, 7) is 16.4. The van der Waals surface area contributed by atoms with Gasteiger partial charge in [0.2, 0.25) is 23.1 Å². The maximum atomic E-state index is 13.3. The highest BCUT2D eigenvalue weighted by molar-refractivity contribution is 7.16. The number of anilines is 8. The molecule has 28 heteroatoms. The number of nitrogens with two attached hydrogens (primary N) is 4. The number of rotatable bonds is 14. The van der Waals surface area contributed by atoms with Gasteiger partial charge in [0.1, 0.15) is 57.7 Å². The molecule has 522 valence electrons. The highest BCUT2D eigenvalue weighted by atomic mass is 32.1. The first kappa shape index (κ1) is 71.6. The molecule has 0 amide bonds. The van der Waals surface area contributed by atoms with Crippen molar-refractivity contribution >= 4 is 91.0 Å². The van der Waals surface area contributed by atoms with Gasteiger partial charge in [-0.3, -0.25) is 19.2 Å². The number of piperidine rings is 1. The van der Waals surface area contributed by atoms with E-state index in [2.05, 4.69) is 115 Å². The van der Waals surface area contributed by atoms with Crippen LogP contribution in [0.3, 0.4) is 0 Å². The second-order valence-corrected chi connectivity index (χ2v) is 26.7. The Bertz CT molecular complexity index is 4530. The molecule has 2 aromatic carbocycles. The lowest BCUT2D eigenvalue weighted by Gasteiger charge is -2.35. The zero-order valence-electron chi connectivity index (χ0n) is 56.0. The van der Waals surface area contributed by atoms with Crippen LogP contribution in [0.1, 0.15) is 121 Å². The normalized spacial score (nSPS) is 16.1. The molecular formula is C73H78F3N19O4S2. The standard InChI is InChI=1S/C22H23N5O.C21H22N4OS.C16H16F3N5O.C14H17N5OS/c1-15-9-10-19(26-20(15)21(28)17-8-5-11-25-22(17)23)27-13-12-24-18(14-27)16-6-3-2-4-7-16;1-14-18(19(26)17-10-5-11-23-20(17)22)24-21(27-14)25-12-6-9-16(13-25)15-7-3-2-4-8-15;17-16(18,19)11-3-4-12(24-8-6-21-7-9-24)23-13(11)14(25)10-2-1-5-22-15(10)20;1-9-11(12(20)10-3-2-4-17-13(10)15)18-14(21-9)19-7-5-16-6-8-19/h2-11,18,24H,12-14H2,1H3,(H2,23,25);2-5,7-8,10-11,16H,6,9,12-13H2,1H3,(H2,22,23);1-5,21H,6-9H2,(H2,20,22);2-4,16H,5-8H2,1H3,(H2,15,17). The number of carbonyl (C=O) groups excluding carboxylic acids is 4. The molecule has 4 fully saturated rings. The third-order valence-electron chi connectivity index (χ3n) is 17.5. The number of aryl methyl sites for hydroxylation is 3. The van der Waals surface area contributed by atoms with E-state index < -0.39 is 23.2 Å². The number of nitrogen functional groups attached to an aromatic ring is 4. The SMILES string of the molecule is Cc1ccc(N2CCNC(c3ccccc3)C2)nc1C(=O)c1cccnc1N.Cc1sc(N2CCCC(c3ccccc3)C2)nc1C(=O)c1cccnc1N.Cc1sc(N2CCNCC2)nc1C(=O)c1cccnc1N.Nc1ncccc1C(=O)c1nc(N2CCNCC2)ccc1C(F)(F)F. The first-order chi connectivity index (χ1) is 48.8. The van der Waals surface area contributed by atoms with E-state index in [1.54, 1.807) is 77.7 Å². The number of nitrogens with one attached hydrogen (secondary N) is 3. The van der Waals surface area contributed by atoms with Gasteiger partial charge in [-0.25, -0.2) is 39.9 Å². The minimum absolute atomic E-state index is 0.0991. The van der Waals surface area contributed by atoms with Crippen molar-refractivity contribution in [3.05, 3.63) is 235 Å². The number of benzene rings is 2. The number of aromatic nitrogens is 8. The number of thiazole rings is 2. The van der Waals surface area contributed by atoms with E-state index in [0.717, 1.165) is 103 Å². The molecule has 8 aromatic heterocycles. The molecule has 2 atom stereocenters. The molecule has 4 aliphatic heterocycles. The number of carbonyl (C=O) groups is 4. The van der Waals surface area contributed by atoms with Crippen molar-refractivity contribution in [3.8, 4) is 0 Å². The predicted molar refractivity (Wildman–Crippen MR) is 390 cm³/mol. The van der Waals surface area contributed by atoms with E-state index in [1.165, 1.54) is 41.9 Å². The Labute approximate surface area is 590 Å². The number of halogens is 3. The maximum absolute atomic E-state index is 13.3. The molecule has 0 radical (unpaired) electrons. The minimum Gasteiger partial charge on any atom is -0.383 e. The van der Waals surface area contributed by atoms with Crippen LogP contribution in [0.4, 0.5) is 58.3 Å². The van der Waals surface area contributed by atoms with Crippen LogP contribution in [0.25, 0.3) is 0 Å². The van der Waals surface area contributed by atoms with Crippen LogP contribution in [0.2, 0.25) is 0 Å². The fourth-order valence-corrected chi connectivity index (χ4v) is 14.0. The minimum atomic E-state index is -4.70. The quantitative estimate of drug-likeness (QED) is 0.0498. The van der Waals surface area contributed by atoms with Crippen LogP contribution >= 0.6 is 22.7 Å². The van der Waals surface area contributed by atoms with E-state index in [0.29, 0.717) is 71.7 Å². The predicted octanol–water partition coefficient (Wildman–Crippen LogP) is 9.58. The van der Waals surface area contributed by atoms with Gasteiger partial charge in [0, 0.05) is 132 Å². The molecule has 0 aliphatic carbocycles. The molecule has 4 saturated heterocycles. The van der Waals surface area contributed by atoms with E-state index in [1.807, 2.05) is 43.9 Å². The maximum Gasteiger partial charge on any atom is 0.418 e. The van der Waals surface area contributed by atoms with Gasteiger partial charge in [-0.2, -0.15) is 13.2 Å². The van der Waals surface area contributed by atoms with E-state index in [-0.39, 0.29) is 52.2 Å². The van der Waals surface area contributed by atoms with Crippen molar-refractivity contribution in [2.24, 2.45) is 0 Å². The largest absolute Gasteiger partial charge is 0.418 e. The average Bonchev–Trinajstić information content (AvgIpc) is 1.32. The summed E-state index contributed by atoms with van der Waals surface area (Å²) in [5.74, 6) is 0.830. The summed E-state index contributed by atoms with van der Waals surface area (Å²) >= 11 is 3.13. The molecule has 2 unspecified atom stereocenters. The number of piperazine rings is 3. The molecule has 12 heterocycles. The number of alkyl halides is 3. The molecule has 11 N–H and O–H groups in total. The summed E-state index contributed by atoms with van der Waals surface area (Å²) in [4.78, 5) is 95.2. The Balaban J connectivity index is 0.000000136. The molecule has 10 aromatic rings. The van der Waals surface area contributed by atoms with E-state index in [4.69, 9.17) is 32.9 Å². The highest BCUT2D eigenvalue weighted by Crippen LogP contribution is 2.37. The Hall–Kier alpha value is -10.7. The number of hydrogen-bond acceptors (Lipinski definition) is 25. The molecule has 23 nitrogen and oxygen atoms in total. The summed E-state index contributed by atoms with van der Waals surface area (Å²) in [6, 6.07) is 40.4. The van der Waals surface area contributed by atoms with Gasteiger partial charge in [0.05, 0.1) is 27.8 Å². The van der Waals surface area contributed by atoms with Gasteiger partial charge in [0.15, 0.2) is 10.3 Å². The first-order valence-electron chi connectivity index (χ1n) is 33.1. The topological polar surface area (TPSA) is 325 Å². The van der Waals surface area contributed by atoms with Crippen molar-refractivity contribution in [2.75, 3.05) is 128 Å². The van der Waals surface area contributed by atoms with Crippen molar-refractivity contribution in [3.63, 3.8) is 0 Å². The molecular weight excluding hydrogens is 1330 g/mol. The van der Waals surface area contributed by atoms with Crippen LogP contribution in [-0.2, 0) is 6.18 Å². The fraction of sp³-hybridized carbons (Fsp3) is 0.288. The lowest BCUT2D eigenvalue weighted by Crippen LogP contribution is -2.46. The molecule has 4 aliphatic rings. The third-order valence-corrected chi connectivity index (χ3v) is 19.6. The highest BCUT2D eigenvalue weighted by Gasteiger charge is 2.38. The lowest BCUT2D eigenvalue weighted by molar-refractivity contribution is -0.138. The summed E-state index contributed by atoms with van der Waals surface area (Å²) in [7, 11) is 0. The van der Waals surface area contributed by atoms with Gasteiger partial charge < -0.3 is 58.5 Å². The van der Waals surface area contributed by atoms with Crippen molar-refractivity contribution in [1.29, 1.82) is 0 Å². The molecule has 101 heavy (non-hydrogen) atoms. The van der Waals surface area contributed by atoms with E-state index in [9.17, 15) is 32.3 Å². The summed E-state index contributed by atoms with van der Waals surface area (Å²) in [5, 5.41) is 11.8. The lowest BCUT2D eigenvalue weighted by atomic mass is 9.91. The number of nitrogens with zero attached hydrogens (tertiary/aromatic N) is 12. The van der Waals surface area contributed by atoms with Crippen molar-refractivity contribution in [1.82, 2.24) is 55.8 Å². The summed E-state index contributed by atoms with van der Waals surface area (Å²) in [6.07, 6.45) is 3.71. The fourth-order valence-electron chi connectivity index (χ4n) is 12.1. The molecule has 0 saturated carbocycles. The zero-order valence-corrected chi connectivity index (χ0v) is 57.7. The monoisotopic (exact) mass is 1410 g/mol. The second kappa shape index (κ2) is 33.0. The van der Waals surface area contributed by atoms with Crippen molar-refractivity contribution < 1.29 is 32.3 Å². The summed E-state index contributed by atoms with van der Waals surface area (Å²) in [5.41, 5.74) is 27.4. The van der Waals surface area contributed by atoms with Gasteiger partial charge >= 0.3 is 6.18 Å². The van der Waals surface area contributed by atoms with Gasteiger partial charge in [-0.05, 0) is 117 Å². The molecule has 14 rings (SSSR count). The van der Waals surface area contributed by atoms with Crippen LogP contribution in [0.5, 0.6) is 0 Å². The smallest absolute Gasteiger partial charge is 0.383 e. The number of pyridine rings is 6. The van der Waals surface area contributed by atoms with Gasteiger partial charge in [0.25, 0.3) is 0 Å². The third kappa shape index (κ3) is 17.5. The Kier molecular flexibility index (Phi) is 23.4. The van der Waals surface area contributed by atoms with Crippen LogP contribution in [-0.4, -0.2) is 148 Å². The average molecular weight is 1410 g/mol. The van der Waals surface area contributed by atoms with Gasteiger partial charge in [-0.1, -0.05) is 66.7 Å². The first-order valence-corrected chi connectivity index (χ1v) is 34.7. The Morgan fingerprint density at radius 1 is 0.446 bits per heavy atom. The van der Waals surface area contributed by atoms with Gasteiger partial charge in [-0.15, -0.1) is 22.7 Å². The second-order valence-electron chi connectivity index (χ2n) is 24.3. The van der Waals surface area contributed by atoms with Crippen molar-refractivity contribution in [2.45, 2.75) is 51.7 Å². The Morgan fingerprint density at radius 2 is 0.871 bits per heavy atom. The number of ketones is 4. The van der Waals surface area contributed by atoms with Crippen LogP contribution in [0.15, 0.2) is 158 Å². The Morgan fingerprint density at radius 3 is 1.37 bits per heavy atom. The molecule has 0 spiro atoms. The van der Waals surface area contributed by atoms with E-state index >= 15 is 0 Å². The molecule has 0 bridgehead atoms. The van der Waals surface area contributed by atoms with Crippen LogP contribution < -0.4 is 58.5 Å².